The lowest BCUT2D eigenvalue weighted by Gasteiger charge is -2.16. The average Bonchev–Trinajstić information content (AvgIpc) is 2.96. The predicted octanol–water partition coefficient (Wildman–Crippen LogP) is 2.96. The fourth-order valence-corrected chi connectivity index (χ4v) is 2.96. The Morgan fingerprint density at radius 3 is 2.68 bits per heavy atom. The van der Waals surface area contributed by atoms with E-state index in [9.17, 15) is 0 Å². The summed E-state index contributed by atoms with van der Waals surface area (Å²) in [5.74, 6) is 1.29. The van der Waals surface area contributed by atoms with Crippen LogP contribution in [0.25, 0.3) is 0 Å². The molecular weight excluding hydrogens is 292 g/mol. The van der Waals surface area contributed by atoms with Gasteiger partial charge in [0.15, 0.2) is 5.96 Å². The van der Waals surface area contributed by atoms with E-state index in [1.165, 1.54) is 10.4 Å². The SMILES string of the molecule is CN=C(NCCc1ncc(C)s1)NCC(C)c1ccccc1. The first kappa shape index (κ1) is 16.5. The van der Waals surface area contributed by atoms with Crippen LogP contribution >= 0.6 is 11.3 Å². The molecule has 1 unspecified atom stereocenters. The molecule has 118 valence electrons. The van der Waals surface area contributed by atoms with Gasteiger partial charge in [-0.1, -0.05) is 37.3 Å². The molecule has 1 heterocycles. The van der Waals surface area contributed by atoms with E-state index in [4.69, 9.17) is 0 Å². The zero-order valence-electron chi connectivity index (χ0n) is 13.5. The minimum absolute atomic E-state index is 0.446. The summed E-state index contributed by atoms with van der Waals surface area (Å²) in [7, 11) is 1.80. The van der Waals surface area contributed by atoms with Crippen LogP contribution in [0.5, 0.6) is 0 Å². The second kappa shape index (κ2) is 8.54. The van der Waals surface area contributed by atoms with Gasteiger partial charge in [-0.2, -0.15) is 0 Å². The highest BCUT2D eigenvalue weighted by Crippen LogP contribution is 2.13. The highest BCUT2D eigenvalue weighted by Gasteiger charge is 2.06. The summed E-state index contributed by atoms with van der Waals surface area (Å²) < 4.78 is 0. The number of nitrogens with zero attached hydrogens (tertiary/aromatic N) is 2. The number of guanidine groups is 1. The first-order chi connectivity index (χ1) is 10.7. The Labute approximate surface area is 136 Å². The van der Waals surface area contributed by atoms with Gasteiger partial charge >= 0.3 is 0 Å². The van der Waals surface area contributed by atoms with E-state index >= 15 is 0 Å². The van der Waals surface area contributed by atoms with Gasteiger partial charge in [0.25, 0.3) is 0 Å². The highest BCUT2D eigenvalue weighted by molar-refractivity contribution is 7.11. The van der Waals surface area contributed by atoms with Gasteiger partial charge in [-0.3, -0.25) is 4.99 Å². The van der Waals surface area contributed by atoms with Crippen LogP contribution in [0.2, 0.25) is 0 Å². The fourth-order valence-electron chi connectivity index (χ4n) is 2.17. The molecule has 1 atom stereocenters. The van der Waals surface area contributed by atoms with E-state index in [1.54, 1.807) is 18.4 Å². The predicted molar refractivity (Wildman–Crippen MR) is 94.8 cm³/mol. The molecule has 2 aromatic rings. The molecule has 0 saturated heterocycles. The number of rotatable bonds is 6. The second-order valence-corrected chi connectivity index (χ2v) is 6.63. The average molecular weight is 316 g/mol. The van der Waals surface area contributed by atoms with Crippen molar-refractivity contribution >= 4 is 17.3 Å². The molecule has 0 bridgehead atoms. The molecule has 0 amide bonds. The summed E-state index contributed by atoms with van der Waals surface area (Å²) in [5, 5.41) is 7.89. The maximum atomic E-state index is 4.37. The van der Waals surface area contributed by atoms with E-state index in [0.29, 0.717) is 5.92 Å². The Bertz CT molecular complexity index is 592. The third kappa shape index (κ3) is 5.15. The van der Waals surface area contributed by atoms with Crippen molar-refractivity contribution < 1.29 is 0 Å². The van der Waals surface area contributed by atoms with Gasteiger partial charge in [-0.05, 0) is 18.4 Å². The third-order valence-electron chi connectivity index (χ3n) is 3.47. The third-order valence-corrected chi connectivity index (χ3v) is 4.44. The Morgan fingerprint density at radius 2 is 2.05 bits per heavy atom. The Morgan fingerprint density at radius 1 is 1.27 bits per heavy atom. The van der Waals surface area contributed by atoms with E-state index in [0.717, 1.165) is 30.5 Å². The summed E-state index contributed by atoms with van der Waals surface area (Å²) in [6.45, 7) is 6.00. The summed E-state index contributed by atoms with van der Waals surface area (Å²) in [6, 6.07) is 10.5. The topological polar surface area (TPSA) is 49.3 Å². The Hall–Kier alpha value is -1.88. The standard InChI is InChI=1S/C17H24N4S/c1-13(15-7-5-4-6-8-15)11-21-17(18-3)19-10-9-16-20-12-14(2)22-16/h4-8,12-13H,9-11H2,1-3H3,(H2,18,19,21). The molecule has 0 aliphatic heterocycles. The lowest BCUT2D eigenvalue weighted by Crippen LogP contribution is -2.39. The smallest absolute Gasteiger partial charge is 0.191 e. The van der Waals surface area contributed by atoms with Crippen molar-refractivity contribution in [1.82, 2.24) is 15.6 Å². The van der Waals surface area contributed by atoms with E-state index in [-0.39, 0.29) is 0 Å². The molecule has 5 heteroatoms. The monoisotopic (exact) mass is 316 g/mol. The quantitative estimate of drug-likeness (QED) is 0.636. The highest BCUT2D eigenvalue weighted by atomic mass is 32.1. The minimum atomic E-state index is 0.446. The van der Waals surface area contributed by atoms with Crippen LogP contribution in [-0.4, -0.2) is 31.1 Å². The number of aryl methyl sites for hydroxylation is 1. The van der Waals surface area contributed by atoms with Gasteiger partial charge in [0, 0.05) is 37.6 Å². The largest absolute Gasteiger partial charge is 0.356 e. The summed E-state index contributed by atoms with van der Waals surface area (Å²) in [5.41, 5.74) is 1.34. The number of nitrogens with one attached hydrogen (secondary N) is 2. The molecule has 2 N–H and O–H groups in total. The minimum Gasteiger partial charge on any atom is -0.356 e. The summed E-state index contributed by atoms with van der Waals surface area (Å²) >= 11 is 1.75. The van der Waals surface area contributed by atoms with Crippen LogP contribution in [-0.2, 0) is 6.42 Å². The van der Waals surface area contributed by atoms with Crippen molar-refractivity contribution in [2.45, 2.75) is 26.2 Å². The van der Waals surface area contributed by atoms with Crippen LogP contribution in [0, 0.1) is 6.92 Å². The van der Waals surface area contributed by atoms with Crippen LogP contribution in [0.3, 0.4) is 0 Å². The normalized spacial score (nSPS) is 13.0. The van der Waals surface area contributed by atoms with Crippen molar-refractivity contribution in [2.75, 3.05) is 20.1 Å². The number of thiazole rings is 1. The lowest BCUT2D eigenvalue weighted by molar-refractivity contribution is 0.697. The maximum Gasteiger partial charge on any atom is 0.191 e. The van der Waals surface area contributed by atoms with E-state index in [1.807, 2.05) is 12.3 Å². The van der Waals surface area contributed by atoms with Crippen LogP contribution in [0.4, 0.5) is 0 Å². The molecule has 0 saturated carbocycles. The van der Waals surface area contributed by atoms with Crippen molar-refractivity contribution in [2.24, 2.45) is 4.99 Å². The van der Waals surface area contributed by atoms with Crippen molar-refractivity contribution in [3.8, 4) is 0 Å². The number of hydrogen-bond acceptors (Lipinski definition) is 3. The van der Waals surface area contributed by atoms with Crippen molar-refractivity contribution in [1.29, 1.82) is 0 Å². The van der Waals surface area contributed by atoms with E-state index in [2.05, 4.69) is 58.7 Å². The molecule has 1 aromatic heterocycles. The van der Waals surface area contributed by atoms with Gasteiger partial charge in [-0.25, -0.2) is 4.98 Å². The number of aliphatic imine (C=N–C) groups is 1. The number of benzene rings is 1. The molecule has 0 radical (unpaired) electrons. The Balaban J connectivity index is 1.73. The molecule has 0 fully saturated rings. The molecule has 1 aromatic carbocycles. The van der Waals surface area contributed by atoms with Gasteiger partial charge in [0.2, 0.25) is 0 Å². The van der Waals surface area contributed by atoms with Crippen LogP contribution in [0.1, 0.15) is 28.3 Å². The molecule has 0 aliphatic carbocycles. The molecule has 0 spiro atoms. The number of aromatic nitrogens is 1. The van der Waals surface area contributed by atoms with Gasteiger partial charge < -0.3 is 10.6 Å². The van der Waals surface area contributed by atoms with Crippen molar-refractivity contribution in [3.05, 3.63) is 52.0 Å². The zero-order chi connectivity index (χ0) is 15.8. The second-order valence-electron chi connectivity index (χ2n) is 5.31. The van der Waals surface area contributed by atoms with Crippen LogP contribution < -0.4 is 10.6 Å². The van der Waals surface area contributed by atoms with E-state index < -0.39 is 0 Å². The lowest BCUT2D eigenvalue weighted by atomic mass is 10.0. The van der Waals surface area contributed by atoms with Gasteiger partial charge in [-0.15, -0.1) is 11.3 Å². The molecule has 0 aliphatic rings. The zero-order valence-corrected chi connectivity index (χ0v) is 14.3. The molecule has 22 heavy (non-hydrogen) atoms. The van der Waals surface area contributed by atoms with Gasteiger partial charge in [0.05, 0.1) is 5.01 Å². The Kier molecular flexibility index (Phi) is 6.40. The molecular formula is C17H24N4S. The van der Waals surface area contributed by atoms with Crippen LogP contribution in [0.15, 0.2) is 41.5 Å². The van der Waals surface area contributed by atoms with Gasteiger partial charge in [0.1, 0.15) is 0 Å². The summed E-state index contributed by atoms with van der Waals surface area (Å²) in [4.78, 5) is 9.90. The fraction of sp³-hybridized carbons (Fsp3) is 0.412. The maximum absolute atomic E-state index is 4.37. The molecule has 4 nitrogen and oxygen atoms in total. The summed E-state index contributed by atoms with van der Waals surface area (Å²) in [6.07, 6.45) is 2.85. The van der Waals surface area contributed by atoms with Crippen molar-refractivity contribution in [3.63, 3.8) is 0 Å². The molecule has 2 rings (SSSR count). The first-order valence-electron chi connectivity index (χ1n) is 7.60. The first-order valence-corrected chi connectivity index (χ1v) is 8.41. The number of hydrogen-bond donors (Lipinski definition) is 2.